The minimum absolute atomic E-state index is 0. The second kappa shape index (κ2) is 12.1. The normalized spacial score (nSPS) is 18.5. The molecular weight excluding hydrogens is 477 g/mol. The number of aromatic nitrogens is 3. The Morgan fingerprint density at radius 1 is 1.00 bits per heavy atom. The first-order chi connectivity index (χ1) is 13.6. The molecule has 2 aliphatic rings. The van der Waals surface area contributed by atoms with Crippen LogP contribution in [0.4, 0.5) is 0 Å². The molecule has 0 atom stereocenters. The van der Waals surface area contributed by atoms with Crippen molar-refractivity contribution in [1.82, 2.24) is 30.3 Å². The third-order valence-electron chi connectivity index (χ3n) is 6.18. The van der Waals surface area contributed by atoms with Crippen LogP contribution in [0.3, 0.4) is 0 Å². The van der Waals surface area contributed by atoms with Gasteiger partial charge in [-0.25, -0.2) is 0 Å². The molecule has 0 amide bonds. The predicted molar refractivity (Wildman–Crippen MR) is 130 cm³/mol. The summed E-state index contributed by atoms with van der Waals surface area (Å²) in [4.78, 5) is 7.00. The summed E-state index contributed by atoms with van der Waals surface area (Å²) in [5.74, 6) is 3.22. The van der Waals surface area contributed by atoms with Gasteiger partial charge in [-0.3, -0.25) is 9.89 Å². The Morgan fingerprint density at radius 2 is 1.72 bits per heavy atom. The van der Waals surface area contributed by atoms with Gasteiger partial charge in [0.25, 0.3) is 0 Å². The lowest BCUT2D eigenvalue weighted by atomic mass is 9.98. The number of aliphatic imine (C=N–C) groups is 1. The summed E-state index contributed by atoms with van der Waals surface area (Å²) in [7, 11) is 1.85. The van der Waals surface area contributed by atoms with Crippen LogP contribution < -0.4 is 10.6 Å². The minimum Gasteiger partial charge on any atom is -0.356 e. The number of likely N-dealkylation sites (tertiary alicyclic amines) is 1. The monoisotopic (exact) mass is 517 g/mol. The molecule has 0 spiro atoms. The number of guanidine groups is 1. The van der Waals surface area contributed by atoms with Crippen LogP contribution in [0.2, 0.25) is 0 Å². The Bertz CT molecular complexity index is 635. The van der Waals surface area contributed by atoms with E-state index in [1.807, 2.05) is 7.05 Å². The van der Waals surface area contributed by atoms with Crippen molar-refractivity contribution in [2.75, 3.05) is 33.2 Å². The number of rotatable bonds is 7. The molecule has 0 aromatic carbocycles. The Balaban J connectivity index is 0.00000300. The molecule has 0 bridgehead atoms. The largest absolute Gasteiger partial charge is 0.356 e. The van der Waals surface area contributed by atoms with Crippen molar-refractivity contribution in [2.24, 2.45) is 4.99 Å². The molecule has 7 nitrogen and oxygen atoms in total. The zero-order valence-corrected chi connectivity index (χ0v) is 20.9. The zero-order chi connectivity index (χ0) is 19.8. The molecule has 0 saturated carbocycles. The maximum absolute atomic E-state index is 4.43. The summed E-state index contributed by atoms with van der Waals surface area (Å²) < 4.78 is 2.35. The number of nitrogens with one attached hydrogen (secondary N) is 2. The Hall–Kier alpha value is -0.900. The maximum atomic E-state index is 4.43. The van der Waals surface area contributed by atoms with E-state index in [0.717, 1.165) is 50.7 Å². The molecule has 29 heavy (non-hydrogen) atoms. The fourth-order valence-corrected chi connectivity index (χ4v) is 4.32. The van der Waals surface area contributed by atoms with Gasteiger partial charge in [0.1, 0.15) is 11.6 Å². The average Bonchev–Trinajstić information content (AvgIpc) is 2.94. The van der Waals surface area contributed by atoms with Gasteiger partial charge in [-0.2, -0.15) is 0 Å². The van der Waals surface area contributed by atoms with E-state index < -0.39 is 0 Å². The quantitative estimate of drug-likeness (QED) is 0.252. The highest BCUT2D eigenvalue weighted by atomic mass is 127. The van der Waals surface area contributed by atoms with Crippen LogP contribution >= 0.6 is 24.0 Å². The van der Waals surface area contributed by atoms with Crippen LogP contribution in [0.5, 0.6) is 0 Å². The standard InChI is InChI=1S/C21H39N7.HI/c1-21(2,27-14-7-5-8-15-27)17-24-20(22-3)23-13-10-12-19-26-25-18-11-6-4-9-16-28(18)19;/h4-17H2,1-3H3,(H2,22,23,24);1H. The van der Waals surface area contributed by atoms with Crippen LogP contribution in [0.1, 0.15) is 70.4 Å². The molecular formula is C21H40IN7. The lowest BCUT2D eigenvalue weighted by molar-refractivity contribution is 0.0982. The molecule has 1 saturated heterocycles. The molecule has 0 radical (unpaired) electrons. The molecule has 166 valence electrons. The van der Waals surface area contributed by atoms with Gasteiger partial charge in [0.2, 0.25) is 0 Å². The Kier molecular flexibility index (Phi) is 10.1. The SMILES string of the molecule is CN=C(NCCCc1nnc2n1CCCCC2)NCC(C)(C)N1CCCCC1.I. The van der Waals surface area contributed by atoms with Crippen LogP contribution in [0.15, 0.2) is 4.99 Å². The highest BCUT2D eigenvalue weighted by molar-refractivity contribution is 14.0. The first-order valence-corrected chi connectivity index (χ1v) is 11.2. The minimum atomic E-state index is 0. The smallest absolute Gasteiger partial charge is 0.191 e. The van der Waals surface area contributed by atoms with Gasteiger partial charge in [-0.1, -0.05) is 12.8 Å². The van der Waals surface area contributed by atoms with E-state index in [4.69, 9.17) is 0 Å². The fraction of sp³-hybridized carbons (Fsp3) is 0.857. The first kappa shape index (κ1) is 24.4. The maximum Gasteiger partial charge on any atom is 0.191 e. The summed E-state index contributed by atoms with van der Waals surface area (Å²) in [6.07, 6.45) is 10.9. The number of aryl methyl sites for hydroxylation is 2. The molecule has 2 N–H and O–H groups in total. The number of nitrogens with zero attached hydrogens (tertiary/aromatic N) is 5. The first-order valence-electron chi connectivity index (χ1n) is 11.2. The van der Waals surface area contributed by atoms with Crippen molar-refractivity contribution in [3.8, 4) is 0 Å². The number of fused-ring (bicyclic) bond motifs is 1. The van der Waals surface area contributed by atoms with Gasteiger partial charge in [-0.15, -0.1) is 34.2 Å². The van der Waals surface area contributed by atoms with Crippen LogP contribution in [-0.4, -0.2) is 64.4 Å². The summed E-state index contributed by atoms with van der Waals surface area (Å²) in [5.41, 5.74) is 0.150. The van der Waals surface area contributed by atoms with E-state index in [-0.39, 0.29) is 29.5 Å². The molecule has 1 aromatic rings. The molecule has 8 heteroatoms. The van der Waals surface area contributed by atoms with Crippen LogP contribution in [0.25, 0.3) is 0 Å². The molecule has 0 unspecified atom stereocenters. The van der Waals surface area contributed by atoms with Gasteiger partial charge >= 0.3 is 0 Å². The number of halogens is 1. The second-order valence-corrected chi connectivity index (χ2v) is 8.81. The fourth-order valence-electron chi connectivity index (χ4n) is 4.32. The van der Waals surface area contributed by atoms with Crippen molar-refractivity contribution in [2.45, 2.75) is 83.7 Å². The van der Waals surface area contributed by atoms with Crippen molar-refractivity contribution in [1.29, 1.82) is 0 Å². The van der Waals surface area contributed by atoms with Gasteiger partial charge in [0, 0.05) is 45.1 Å². The van der Waals surface area contributed by atoms with Gasteiger partial charge < -0.3 is 15.2 Å². The lowest BCUT2D eigenvalue weighted by Gasteiger charge is -2.41. The Labute approximate surface area is 193 Å². The summed E-state index contributed by atoms with van der Waals surface area (Å²) in [6, 6.07) is 0. The third kappa shape index (κ3) is 7.08. The zero-order valence-electron chi connectivity index (χ0n) is 18.5. The van der Waals surface area contributed by atoms with E-state index in [1.165, 1.54) is 57.4 Å². The number of hydrogen-bond acceptors (Lipinski definition) is 4. The summed E-state index contributed by atoms with van der Waals surface area (Å²) >= 11 is 0. The van der Waals surface area contributed by atoms with Gasteiger partial charge in [0.15, 0.2) is 5.96 Å². The lowest BCUT2D eigenvalue weighted by Crippen LogP contribution is -2.54. The number of piperidine rings is 1. The molecule has 1 aromatic heterocycles. The summed E-state index contributed by atoms with van der Waals surface area (Å²) in [5, 5.41) is 15.8. The van der Waals surface area contributed by atoms with Crippen molar-refractivity contribution in [3.05, 3.63) is 11.6 Å². The van der Waals surface area contributed by atoms with E-state index in [1.54, 1.807) is 0 Å². The highest BCUT2D eigenvalue weighted by Crippen LogP contribution is 2.19. The van der Waals surface area contributed by atoms with E-state index in [0.29, 0.717) is 0 Å². The summed E-state index contributed by atoms with van der Waals surface area (Å²) in [6.45, 7) is 9.97. The van der Waals surface area contributed by atoms with Crippen molar-refractivity contribution >= 4 is 29.9 Å². The van der Waals surface area contributed by atoms with E-state index in [2.05, 4.69) is 49.1 Å². The predicted octanol–water partition coefficient (Wildman–Crippen LogP) is 2.98. The van der Waals surface area contributed by atoms with E-state index in [9.17, 15) is 0 Å². The second-order valence-electron chi connectivity index (χ2n) is 8.81. The molecule has 1 fully saturated rings. The third-order valence-corrected chi connectivity index (χ3v) is 6.18. The highest BCUT2D eigenvalue weighted by Gasteiger charge is 2.27. The average molecular weight is 518 g/mol. The van der Waals surface area contributed by atoms with Gasteiger partial charge in [0.05, 0.1) is 0 Å². The Morgan fingerprint density at radius 3 is 2.48 bits per heavy atom. The van der Waals surface area contributed by atoms with E-state index >= 15 is 0 Å². The van der Waals surface area contributed by atoms with Crippen molar-refractivity contribution in [3.63, 3.8) is 0 Å². The molecule has 2 aliphatic heterocycles. The van der Waals surface area contributed by atoms with Crippen LogP contribution in [0, 0.1) is 0 Å². The molecule has 0 aliphatic carbocycles. The van der Waals surface area contributed by atoms with Gasteiger partial charge in [-0.05, 0) is 59.0 Å². The van der Waals surface area contributed by atoms with Crippen LogP contribution in [-0.2, 0) is 19.4 Å². The molecule has 3 heterocycles. The topological polar surface area (TPSA) is 70.4 Å². The number of hydrogen-bond donors (Lipinski definition) is 2. The molecule has 3 rings (SSSR count). The van der Waals surface area contributed by atoms with Crippen molar-refractivity contribution < 1.29 is 0 Å².